The van der Waals surface area contributed by atoms with Crippen LogP contribution in [0.3, 0.4) is 0 Å². The minimum Gasteiger partial charge on any atom is -1.00 e. The van der Waals surface area contributed by atoms with Gasteiger partial charge in [-0.3, -0.25) is 0 Å². The molecule has 2 aliphatic heterocycles. The van der Waals surface area contributed by atoms with Crippen molar-refractivity contribution in [3.05, 3.63) is 0 Å². The van der Waals surface area contributed by atoms with Crippen molar-refractivity contribution < 1.29 is 28.5 Å². The normalized spacial score (nSPS) is 42.3. The molecular formula is C12H21IN2. The lowest BCUT2D eigenvalue weighted by molar-refractivity contribution is -0.946. The Labute approximate surface area is 110 Å². The molecule has 2 heterocycles. The van der Waals surface area contributed by atoms with Crippen LogP contribution >= 0.6 is 0 Å². The van der Waals surface area contributed by atoms with Gasteiger partial charge in [0, 0.05) is 25.7 Å². The third kappa shape index (κ3) is 1.70. The molecular weight excluding hydrogens is 299 g/mol. The molecule has 2 bridgehead atoms. The smallest absolute Gasteiger partial charge is 0.186 e. The maximum atomic E-state index is 9.41. The first-order valence-electron chi connectivity index (χ1n) is 5.95. The van der Waals surface area contributed by atoms with Gasteiger partial charge in [-0.15, -0.1) is 0 Å². The van der Waals surface area contributed by atoms with E-state index in [1.54, 1.807) is 0 Å². The second-order valence-corrected chi connectivity index (χ2v) is 5.22. The molecule has 0 aromatic heterocycles. The second-order valence-electron chi connectivity index (χ2n) is 5.22. The van der Waals surface area contributed by atoms with E-state index >= 15 is 0 Å². The summed E-state index contributed by atoms with van der Waals surface area (Å²) in [6.45, 7) is 3.46. The summed E-state index contributed by atoms with van der Waals surface area (Å²) in [5.41, 5.74) is -0.000162. The predicted octanol–water partition coefficient (Wildman–Crippen LogP) is -0.544. The van der Waals surface area contributed by atoms with Crippen molar-refractivity contribution in [3.8, 4) is 6.07 Å². The van der Waals surface area contributed by atoms with E-state index in [1.807, 2.05) is 0 Å². The van der Waals surface area contributed by atoms with E-state index < -0.39 is 0 Å². The van der Waals surface area contributed by atoms with E-state index in [-0.39, 0.29) is 29.5 Å². The first-order valence-corrected chi connectivity index (χ1v) is 5.95. The summed E-state index contributed by atoms with van der Waals surface area (Å²) in [7, 11) is 2.32. The molecule has 0 amide bonds. The Morgan fingerprint density at radius 1 is 1.40 bits per heavy atom. The number of nitriles is 1. The number of rotatable bonds is 3. The second kappa shape index (κ2) is 4.58. The van der Waals surface area contributed by atoms with E-state index in [9.17, 15) is 5.26 Å². The lowest BCUT2D eigenvalue weighted by Crippen LogP contribution is -3.00. The zero-order valence-electron chi connectivity index (χ0n) is 9.80. The van der Waals surface area contributed by atoms with E-state index in [0.717, 1.165) is 23.4 Å². The predicted molar refractivity (Wildman–Crippen MR) is 56.6 cm³/mol. The number of quaternary nitrogens is 1. The molecule has 0 N–H and O–H groups in total. The topological polar surface area (TPSA) is 23.8 Å². The summed E-state index contributed by atoms with van der Waals surface area (Å²) in [6.07, 6.45) is 7.39. The largest absolute Gasteiger partial charge is 1.00 e. The lowest BCUT2D eigenvalue weighted by atomic mass is 9.89. The number of halogens is 1. The number of nitrogens with zero attached hydrogens (tertiary/aromatic N) is 2. The number of hydrogen-bond donors (Lipinski definition) is 0. The fourth-order valence-electron chi connectivity index (χ4n) is 3.62. The number of hydrogen-bond acceptors (Lipinski definition) is 1. The Kier molecular flexibility index (Phi) is 4.05. The zero-order valence-corrected chi connectivity index (χ0v) is 12.0. The van der Waals surface area contributed by atoms with Crippen LogP contribution in [-0.2, 0) is 0 Å². The molecule has 2 nitrogen and oxygen atoms in total. The van der Waals surface area contributed by atoms with E-state index in [0.29, 0.717) is 0 Å². The molecule has 2 fully saturated rings. The van der Waals surface area contributed by atoms with Crippen molar-refractivity contribution in [2.45, 2.75) is 57.0 Å². The van der Waals surface area contributed by atoms with Crippen molar-refractivity contribution >= 4 is 0 Å². The van der Waals surface area contributed by atoms with Crippen LogP contribution in [0.15, 0.2) is 0 Å². The lowest BCUT2D eigenvalue weighted by Gasteiger charge is -2.40. The third-order valence-corrected chi connectivity index (χ3v) is 4.75. The summed E-state index contributed by atoms with van der Waals surface area (Å²) < 4.78 is 1.07. The highest BCUT2D eigenvalue weighted by Gasteiger charge is 2.62. The fourth-order valence-corrected chi connectivity index (χ4v) is 3.62. The minimum absolute atomic E-state index is 0. The van der Waals surface area contributed by atoms with Crippen LogP contribution in [0.5, 0.6) is 0 Å². The maximum absolute atomic E-state index is 9.41. The average molecular weight is 320 g/mol. The molecule has 0 saturated carbocycles. The molecule has 15 heavy (non-hydrogen) atoms. The monoisotopic (exact) mass is 320 g/mol. The van der Waals surface area contributed by atoms with Crippen LogP contribution in [0, 0.1) is 11.3 Å². The van der Waals surface area contributed by atoms with Gasteiger partial charge in [0.25, 0.3) is 0 Å². The van der Waals surface area contributed by atoms with Crippen molar-refractivity contribution in [2.75, 3.05) is 13.6 Å². The molecule has 2 rings (SSSR count). The Bertz CT molecular complexity index is 263. The highest BCUT2D eigenvalue weighted by atomic mass is 127. The van der Waals surface area contributed by atoms with E-state index in [1.165, 1.54) is 32.2 Å². The maximum Gasteiger partial charge on any atom is 0.186 e. The van der Waals surface area contributed by atoms with Crippen LogP contribution < -0.4 is 24.0 Å². The third-order valence-electron chi connectivity index (χ3n) is 4.75. The molecule has 86 valence electrons. The molecule has 0 aromatic carbocycles. The van der Waals surface area contributed by atoms with Gasteiger partial charge in [0.15, 0.2) is 5.54 Å². The van der Waals surface area contributed by atoms with Gasteiger partial charge in [-0.25, -0.2) is 0 Å². The summed E-state index contributed by atoms with van der Waals surface area (Å²) in [4.78, 5) is 0. The standard InChI is InChI=1S/C12H21N2.HI/c1-3-4-9-14(2)11-5-7-12(14,10-13)8-6-11;/h11H,3-9H2,1-2H3;1H/q+1;/p-1. The summed E-state index contributed by atoms with van der Waals surface area (Å²) >= 11 is 0. The van der Waals surface area contributed by atoms with E-state index in [2.05, 4.69) is 20.0 Å². The van der Waals surface area contributed by atoms with Crippen molar-refractivity contribution in [3.63, 3.8) is 0 Å². The first-order chi connectivity index (χ1) is 6.68. The molecule has 0 spiro atoms. The number of unbranched alkanes of at least 4 members (excludes halogenated alkanes) is 1. The highest BCUT2D eigenvalue weighted by Crippen LogP contribution is 2.51. The number of fused-ring (bicyclic) bond motifs is 2. The van der Waals surface area contributed by atoms with E-state index in [4.69, 9.17) is 0 Å². The summed E-state index contributed by atoms with van der Waals surface area (Å²) in [5, 5.41) is 9.41. The van der Waals surface area contributed by atoms with Crippen molar-refractivity contribution in [2.24, 2.45) is 0 Å². The van der Waals surface area contributed by atoms with Crippen LogP contribution in [0.25, 0.3) is 0 Å². The van der Waals surface area contributed by atoms with Gasteiger partial charge in [0.05, 0.1) is 19.6 Å². The molecule has 0 aromatic rings. The SMILES string of the molecule is CCCC[N+]1(C)C2CCC1(C#N)CC2.[I-]. The molecule has 0 aliphatic carbocycles. The van der Waals surface area contributed by atoms with Crippen LogP contribution in [0.1, 0.15) is 45.4 Å². The fraction of sp³-hybridized carbons (Fsp3) is 0.917. The Hall–Kier alpha value is 0.180. The average Bonchev–Trinajstić information content (AvgIpc) is 2.66. The molecule has 1 unspecified atom stereocenters. The highest BCUT2D eigenvalue weighted by molar-refractivity contribution is 5.10. The van der Waals surface area contributed by atoms with Crippen molar-refractivity contribution in [1.29, 1.82) is 5.26 Å². The van der Waals surface area contributed by atoms with Crippen LogP contribution in [0.2, 0.25) is 0 Å². The summed E-state index contributed by atoms with van der Waals surface area (Å²) in [6, 6.07) is 3.43. The van der Waals surface area contributed by atoms with Crippen LogP contribution in [0.4, 0.5) is 0 Å². The Morgan fingerprint density at radius 3 is 2.47 bits per heavy atom. The van der Waals surface area contributed by atoms with Crippen LogP contribution in [-0.4, -0.2) is 29.7 Å². The molecule has 3 heteroatoms. The van der Waals surface area contributed by atoms with Gasteiger partial charge < -0.3 is 28.5 Å². The Balaban J connectivity index is 0.00000112. The van der Waals surface area contributed by atoms with Gasteiger partial charge in [0.2, 0.25) is 0 Å². The quantitative estimate of drug-likeness (QED) is 0.506. The first kappa shape index (κ1) is 13.2. The molecule has 1 atom stereocenters. The molecule has 2 aliphatic rings. The van der Waals surface area contributed by atoms with Gasteiger partial charge in [-0.2, -0.15) is 5.26 Å². The zero-order chi connectivity index (χ0) is 10.2. The molecule has 2 saturated heterocycles. The Morgan fingerprint density at radius 2 is 2.00 bits per heavy atom. The van der Waals surface area contributed by atoms with Gasteiger partial charge in [0.1, 0.15) is 6.07 Å². The van der Waals surface area contributed by atoms with Gasteiger partial charge in [-0.1, -0.05) is 13.3 Å². The van der Waals surface area contributed by atoms with Gasteiger partial charge >= 0.3 is 0 Å². The van der Waals surface area contributed by atoms with Gasteiger partial charge in [-0.05, 0) is 6.42 Å². The van der Waals surface area contributed by atoms with Crippen molar-refractivity contribution in [1.82, 2.24) is 0 Å². The summed E-state index contributed by atoms with van der Waals surface area (Å²) in [5.74, 6) is 0. The minimum atomic E-state index is -0.000162. The molecule has 0 radical (unpaired) electrons.